The summed E-state index contributed by atoms with van der Waals surface area (Å²) < 4.78 is 61.2. The van der Waals surface area contributed by atoms with Gasteiger partial charge in [0.1, 0.15) is 0 Å². The fraction of sp³-hybridized carbons (Fsp3) is 0.333. The summed E-state index contributed by atoms with van der Waals surface area (Å²) in [5, 5.41) is 1.75. The molecule has 0 aliphatic heterocycles. The number of benzene rings is 1. The van der Waals surface area contributed by atoms with E-state index in [9.17, 15) is 22.0 Å². The molecule has 16 heavy (non-hydrogen) atoms. The van der Waals surface area contributed by atoms with Crippen molar-refractivity contribution >= 4 is 17.3 Å². The van der Waals surface area contributed by atoms with Crippen LogP contribution in [0.3, 0.4) is 0 Å². The first kappa shape index (κ1) is 13.0. The van der Waals surface area contributed by atoms with E-state index in [0.717, 1.165) is 12.1 Å². The molecule has 0 radical (unpaired) electrons. The lowest BCUT2D eigenvalue weighted by atomic mass is 10.1. The first-order chi connectivity index (χ1) is 7.32. The Hall–Kier alpha value is -1.04. The van der Waals surface area contributed by atoms with Gasteiger partial charge in [-0.15, -0.1) is 0 Å². The molecule has 0 atom stereocenters. The van der Waals surface area contributed by atoms with E-state index < -0.39 is 30.4 Å². The van der Waals surface area contributed by atoms with E-state index in [1.807, 2.05) is 5.32 Å². The topological polar surface area (TPSA) is 12.0 Å². The molecule has 1 aromatic rings. The maximum atomic E-state index is 12.5. The number of rotatable bonds is 3. The molecular weight excluding hydrogens is 253 g/mol. The van der Waals surface area contributed by atoms with Gasteiger partial charge in [-0.05, 0) is 12.1 Å². The predicted molar refractivity (Wildman–Crippen MR) is 50.9 cm³/mol. The van der Waals surface area contributed by atoms with Crippen molar-refractivity contribution in [1.29, 1.82) is 0 Å². The van der Waals surface area contributed by atoms with Crippen molar-refractivity contribution in [3.05, 3.63) is 28.8 Å². The van der Waals surface area contributed by atoms with Crippen LogP contribution >= 0.6 is 11.6 Å². The minimum Gasteiger partial charge on any atom is -0.378 e. The van der Waals surface area contributed by atoms with Crippen LogP contribution in [0.5, 0.6) is 0 Å². The minimum atomic E-state index is -4.63. The number of hydrogen-bond donors (Lipinski definition) is 1. The summed E-state index contributed by atoms with van der Waals surface area (Å²) in [7, 11) is 0. The molecule has 0 aliphatic rings. The molecule has 0 heterocycles. The zero-order valence-electron chi connectivity index (χ0n) is 7.78. The molecule has 7 heteroatoms. The van der Waals surface area contributed by atoms with Gasteiger partial charge < -0.3 is 5.32 Å². The molecule has 1 aromatic carbocycles. The van der Waals surface area contributed by atoms with Crippen molar-refractivity contribution in [3.63, 3.8) is 0 Å². The Bertz CT molecular complexity index is 363. The summed E-state index contributed by atoms with van der Waals surface area (Å²) in [4.78, 5) is 0. The molecule has 0 saturated heterocycles. The fourth-order valence-electron chi connectivity index (χ4n) is 1.12. The fourth-order valence-corrected chi connectivity index (χ4v) is 1.36. The number of alkyl halides is 5. The summed E-state index contributed by atoms with van der Waals surface area (Å²) in [5.41, 5.74) is -1.57. The molecule has 90 valence electrons. The van der Waals surface area contributed by atoms with Gasteiger partial charge in [-0.25, -0.2) is 8.78 Å². The van der Waals surface area contributed by atoms with E-state index in [0.29, 0.717) is 0 Å². The Morgan fingerprint density at radius 3 is 2.38 bits per heavy atom. The van der Waals surface area contributed by atoms with E-state index in [4.69, 9.17) is 11.6 Å². The smallest absolute Gasteiger partial charge is 0.378 e. The summed E-state index contributed by atoms with van der Waals surface area (Å²) >= 11 is 5.51. The molecule has 0 aliphatic carbocycles. The van der Waals surface area contributed by atoms with Crippen molar-refractivity contribution in [2.45, 2.75) is 12.6 Å². The van der Waals surface area contributed by atoms with Gasteiger partial charge in [-0.2, -0.15) is 13.2 Å². The van der Waals surface area contributed by atoms with Gasteiger partial charge in [-0.3, -0.25) is 0 Å². The summed E-state index contributed by atoms with van der Waals surface area (Å²) in [5.74, 6) is 0. The predicted octanol–water partition coefficient (Wildman–Crippen LogP) is 4.04. The van der Waals surface area contributed by atoms with Crippen LogP contribution in [0.25, 0.3) is 0 Å². The molecule has 0 unspecified atom stereocenters. The highest BCUT2D eigenvalue weighted by Gasteiger charge is 2.34. The third kappa shape index (κ3) is 3.23. The Balaban J connectivity index is 3.04. The zero-order chi connectivity index (χ0) is 12.3. The normalized spacial score (nSPS) is 11.9. The van der Waals surface area contributed by atoms with Gasteiger partial charge in [0.25, 0.3) is 6.43 Å². The maximum Gasteiger partial charge on any atom is 0.418 e. The molecule has 0 amide bonds. The number of nitrogens with one attached hydrogen (secondary N) is 1. The van der Waals surface area contributed by atoms with Crippen LogP contribution in [0, 0.1) is 0 Å². The van der Waals surface area contributed by atoms with Crippen molar-refractivity contribution in [1.82, 2.24) is 0 Å². The minimum absolute atomic E-state index is 0.240. The average molecular weight is 260 g/mol. The van der Waals surface area contributed by atoms with E-state index in [1.54, 1.807) is 0 Å². The molecule has 1 N–H and O–H groups in total. The second-order valence-corrected chi connectivity index (χ2v) is 3.34. The van der Waals surface area contributed by atoms with E-state index in [1.165, 1.54) is 6.07 Å². The van der Waals surface area contributed by atoms with E-state index in [2.05, 4.69) is 0 Å². The van der Waals surface area contributed by atoms with Crippen LogP contribution < -0.4 is 5.32 Å². The highest BCUT2D eigenvalue weighted by Crippen LogP contribution is 2.38. The molecule has 0 spiro atoms. The van der Waals surface area contributed by atoms with Crippen LogP contribution in [-0.2, 0) is 6.18 Å². The molecule has 0 saturated carbocycles. The molecule has 1 nitrogen and oxygen atoms in total. The molecule has 0 bridgehead atoms. The Kier molecular flexibility index (Phi) is 3.96. The highest BCUT2D eigenvalue weighted by atomic mass is 35.5. The van der Waals surface area contributed by atoms with Crippen molar-refractivity contribution < 1.29 is 22.0 Å². The maximum absolute atomic E-state index is 12.5. The Labute approximate surface area is 93.2 Å². The second kappa shape index (κ2) is 4.86. The van der Waals surface area contributed by atoms with Gasteiger partial charge in [0.05, 0.1) is 22.8 Å². The Morgan fingerprint density at radius 2 is 1.88 bits per heavy atom. The van der Waals surface area contributed by atoms with Crippen molar-refractivity contribution in [3.8, 4) is 0 Å². The van der Waals surface area contributed by atoms with Gasteiger partial charge in [-0.1, -0.05) is 17.7 Å². The van der Waals surface area contributed by atoms with Gasteiger partial charge in [0.15, 0.2) is 0 Å². The lowest BCUT2D eigenvalue weighted by Crippen LogP contribution is -2.15. The summed E-state index contributed by atoms with van der Waals surface area (Å²) in [6.45, 7) is -0.882. The third-order valence-corrected chi connectivity index (χ3v) is 2.07. The standard InChI is InChI=1S/C9H7ClF5N/c10-6-3-1-2-5(9(13,14)15)8(6)16-4-7(11)12/h1-3,7,16H,4H2. The lowest BCUT2D eigenvalue weighted by molar-refractivity contribution is -0.137. The lowest BCUT2D eigenvalue weighted by Gasteiger charge is -2.15. The van der Waals surface area contributed by atoms with Crippen LogP contribution in [0.4, 0.5) is 27.6 Å². The number of anilines is 1. The van der Waals surface area contributed by atoms with Crippen LogP contribution in [0.15, 0.2) is 18.2 Å². The summed E-state index contributed by atoms with van der Waals surface area (Å²) in [6, 6.07) is 3.09. The third-order valence-electron chi connectivity index (χ3n) is 1.75. The largest absolute Gasteiger partial charge is 0.418 e. The number of para-hydroxylation sites is 1. The summed E-state index contributed by atoms with van der Waals surface area (Å²) in [6.07, 6.45) is -7.38. The first-order valence-corrected chi connectivity index (χ1v) is 4.58. The van der Waals surface area contributed by atoms with Crippen LogP contribution in [0.1, 0.15) is 5.56 Å². The molecule has 1 rings (SSSR count). The quantitative estimate of drug-likeness (QED) is 0.808. The van der Waals surface area contributed by atoms with E-state index >= 15 is 0 Å². The van der Waals surface area contributed by atoms with E-state index in [-0.39, 0.29) is 5.02 Å². The SMILES string of the molecule is FC(F)CNc1c(Cl)cccc1C(F)(F)F. The Morgan fingerprint density at radius 1 is 1.25 bits per heavy atom. The molecule has 0 fully saturated rings. The zero-order valence-corrected chi connectivity index (χ0v) is 8.54. The number of halogens is 6. The molecular formula is C9H7ClF5N. The second-order valence-electron chi connectivity index (χ2n) is 2.93. The van der Waals surface area contributed by atoms with Crippen molar-refractivity contribution in [2.75, 3.05) is 11.9 Å². The van der Waals surface area contributed by atoms with Crippen LogP contribution in [0.2, 0.25) is 5.02 Å². The van der Waals surface area contributed by atoms with Gasteiger partial charge in [0, 0.05) is 0 Å². The molecule has 0 aromatic heterocycles. The monoisotopic (exact) mass is 259 g/mol. The van der Waals surface area contributed by atoms with Gasteiger partial charge in [0.2, 0.25) is 0 Å². The highest BCUT2D eigenvalue weighted by molar-refractivity contribution is 6.33. The van der Waals surface area contributed by atoms with Crippen molar-refractivity contribution in [2.24, 2.45) is 0 Å². The first-order valence-electron chi connectivity index (χ1n) is 4.20. The van der Waals surface area contributed by atoms with Crippen LogP contribution in [-0.4, -0.2) is 13.0 Å². The average Bonchev–Trinajstić information content (AvgIpc) is 2.13. The van der Waals surface area contributed by atoms with Gasteiger partial charge >= 0.3 is 6.18 Å². The number of hydrogen-bond acceptors (Lipinski definition) is 1.